The molecule has 2 aliphatic rings. The Hall–Kier alpha value is -2.96. The number of nitrogens with two attached hydrogens (primary N) is 1. The molecule has 1 amide bonds. The summed E-state index contributed by atoms with van der Waals surface area (Å²) in [7, 11) is 0. The van der Waals surface area contributed by atoms with E-state index in [1.54, 1.807) is 24.3 Å². The third-order valence-electron chi connectivity index (χ3n) is 7.51. The van der Waals surface area contributed by atoms with Crippen molar-refractivity contribution in [2.45, 2.75) is 44.6 Å². The third kappa shape index (κ3) is 3.49. The molecular formula is C26H25ClFN3O2. The van der Waals surface area contributed by atoms with Crippen LogP contribution in [0.15, 0.2) is 54.2 Å². The number of primary amides is 1. The minimum absolute atomic E-state index is 0.286. The third-order valence-corrected chi connectivity index (χ3v) is 7.83. The predicted molar refractivity (Wildman–Crippen MR) is 126 cm³/mol. The summed E-state index contributed by atoms with van der Waals surface area (Å²) < 4.78 is 15.2. The first-order valence-corrected chi connectivity index (χ1v) is 11.4. The van der Waals surface area contributed by atoms with Crippen molar-refractivity contribution in [1.82, 2.24) is 9.78 Å². The topological polar surface area (TPSA) is 81.1 Å². The summed E-state index contributed by atoms with van der Waals surface area (Å²) in [6, 6.07) is 11.6. The number of halogens is 2. The maximum Gasteiger partial charge on any atom is 0.250 e. The van der Waals surface area contributed by atoms with Crippen LogP contribution < -0.4 is 5.73 Å². The summed E-state index contributed by atoms with van der Waals surface area (Å²) in [4.78, 5) is 11.9. The lowest BCUT2D eigenvalue weighted by atomic mass is 9.65. The number of carbonyl (C=O) groups is 1. The number of aromatic nitrogens is 2. The second-order valence-corrected chi connectivity index (χ2v) is 9.70. The maximum absolute atomic E-state index is 13.4. The van der Waals surface area contributed by atoms with Crippen molar-refractivity contribution >= 4 is 23.6 Å². The second kappa shape index (κ2) is 7.82. The summed E-state index contributed by atoms with van der Waals surface area (Å²) in [5.74, 6) is -0.845. The summed E-state index contributed by atoms with van der Waals surface area (Å²) in [6.07, 6.45) is 7.02. The first-order chi connectivity index (χ1) is 15.7. The molecule has 1 aromatic heterocycles. The van der Waals surface area contributed by atoms with Crippen molar-refractivity contribution in [2.75, 3.05) is 0 Å². The van der Waals surface area contributed by atoms with Crippen molar-refractivity contribution in [1.29, 1.82) is 0 Å². The van der Waals surface area contributed by atoms with E-state index >= 15 is 0 Å². The van der Waals surface area contributed by atoms with E-state index in [4.69, 9.17) is 17.3 Å². The number of amides is 1. The number of fused-ring (bicyclic) bond motifs is 2. The Morgan fingerprint density at radius 3 is 2.76 bits per heavy atom. The molecule has 5 nitrogen and oxygen atoms in total. The maximum atomic E-state index is 13.4. The molecule has 1 saturated carbocycles. The molecule has 0 radical (unpaired) electrons. The van der Waals surface area contributed by atoms with Gasteiger partial charge in [-0.2, -0.15) is 5.10 Å². The van der Waals surface area contributed by atoms with Gasteiger partial charge in [0.15, 0.2) is 0 Å². The fraction of sp³-hybridized carbons (Fsp3) is 0.308. The molecular weight excluding hydrogens is 441 g/mol. The van der Waals surface area contributed by atoms with Crippen LogP contribution in [0.4, 0.5) is 4.39 Å². The van der Waals surface area contributed by atoms with E-state index in [1.165, 1.54) is 17.7 Å². The number of hydrogen-bond donors (Lipinski definition) is 2. The number of rotatable bonds is 5. The average Bonchev–Trinajstić information content (AvgIpc) is 3.29. The predicted octanol–water partition coefficient (Wildman–Crippen LogP) is 4.87. The number of aryl methyl sites for hydroxylation is 1. The highest BCUT2D eigenvalue weighted by atomic mass is 35.5. The number of nitrogens with zero attached hydrogens (tertiary/aromatic N) is 2. The van der Waals surface area contributed by atoms with Gasteiger partial charge < -0.3 is 10.8 Å². The van der Waals surface area contributed by atoms with Crippen LogP contribution in [0.2, 0.25) is 5.02 Å². The molecule has 0 bridgehead atoms. The fourth-order valence-corrected chi connectivity index (χ4v) is 5.80. The van der Waals surface area contributed by atoms with Crippen LogP contribution in [0.3, 0.4) is 0 Å². The minimum atomic E-state index is -0.939. The van der Waals surface area contributed by atoms with Gasteiger partial charge in [0, 0.05) is 5.41 Å². The van der Waals surface area contributed by atoms with Crippen molar-refractivity contribution in [3.05, 3.63) is 87.5 Å². The van der Waals surface area contributed by atoms with Gasteiger partial charge in [0.25, 0.3) is 0 Å². The molecule has 3 aromatic rings. The van der Waals surface area contributed by atoms with Gasteiger partial charge in [-0.25, -0.2) is 9.07 Å². The monoisotopic (exact) mass is 465 g/mol. The summed E-state index contributed by atoms with van der Waals surface area (Å²) in [5.41, 5.74) is 9.26. The lowest BCUT2D eigenvalue weighted by Crippen LogP contribution is -2.45. The summed E-state index contributed by atoms with van der Waals surface area (Å²) in [6.45, 7) is 2.11. The molecule has 1 fully saturated rings. The van der Waals surface area contributed by atoms with Gasteiger partial charge in [-0.15, -0.1) is 0 Å². The van der Waals surface area contributed by atoms with Crippen LogP contribution in [0.1, 0.15) is 53.4 Å². The Morgan fingerprint density at radius 2 is 2.03 bits per heavy atom. The zero-order chi connectivity index (χ0) is 23.4. The lowest BCUT2D eigenvalue weighted by molar-refractivity contribution is -0.0461. The molecule has 3 N–H and O–H groups in total. The molecule has 7 heteroatoms. The van der Waals surface area contributed by atoms with Crippen LogP contribution in [-0.2, 0) is 12.8 Å². The molecule has 0 saturated heterocycles. The van der Waals surface area contributed by atoms with E-state index in [0.29, 0.717) is 36.3 Å². The number of carbonyl (C=O) groups excluding carboxylic acids is 1. The van der Waals surface area contributed by atoms with E-state index in [1.807, 2.05) is 16.9 Å². The van der Waals surface area contributed by atoms with E-state index in [-0.39, 0.29) is 5.82 Å². The largest absolute Gasteiger partial charge is 0.389 e. The highest BCUT2D eigenvalue weighted by molar-refractivity contribution is 6.34. The summed E-state index contributed by atoms with van der Waals surface area (Å²) >= 11 is 6.21. The smallest absolute Gasteiger partial charge is 0.250 e. The minimum Gasteiger partial charge on any atom is -0.389 e. The highest BCUT2D eigenvalue weighted by Gasteiger charge is 2.54. The van der Waals surface area contributed by atoms with Gasteiger partial charge in [-0.05, 0) is 79.6 Å². The van der Waals surface area contributed by atoms with Gasteiger partial charge in [-0.1, -0.05) is 36.2 Å². The van der Waals surface area contributed by atoms with E-state index in [2.05, 4.69) is 18.1 Å². The Labute approximate surface area is 196 Å². The normalized spacial score (nSPS) is 23.7. The zero-order valence-electron chi connectivity index (χ0n) is 18.3. The van der Waals surface area contributed by atoms with E-state index in [0.717, 1.165) is 28.9 Å². The van der Waals surface area contributed by atoms with E-state index in [9.17, 15) is 14.3 Å². The fourth-order valence-electron chi connectivity index (χ4n) is 5.51. The first-order valence-electron chi connectivity index (χ1n) is 11.1. The quantitative estimate of drug-likeness (QED) is 0.564. The van der Waals surface area contributed by atoms with E-state index < -0.39 is 16.9 Å². The van der Waals surface area contributed by atoms with Crippen LogP contribution in [-0.4, -0.2) is 26.4 Å². The standard InChI is InChI=1S/C26H25ClFN3O2/c1-25-14-17-15-30-31(20-7-5-19(28)6-8-20)22(17)13-18(25)10-12-26(25,33)11-9-16-3-2-4-21(27)23(16)24(29)32/h2-8,13,15,33H,9-12,14H2,1H3,(H2,29,32)/t25-,26-/m0/s1. The van der Waals surface area contributed by atoms with Crippen molar-refractivity contribution < 1.29 is 14.3 Å². The summed E-state index contributed by atoms with van der Waals surface area (Å²) in [5, 5.41) is 16.7. The van der Waals surface area contributed by atoms with Crippen LogP contribution in [0.25, 0.3) is 11.8 Å². The SMILES string of the molecule is C[C@]12Cc3cnn(-c4ccc(F)cc4)c3C=C1CC[C@@]2(O)CCc1cccc(Cl)c1C(N)=O. The molecule has 2 aliphatic carbocycles. The van der Waals surface area contributed by atoms with Crippen molar-refractivity contribution in [2.24, 2.45) is 11.1 Å². The first kappa shape index (κ1) is 21.9. The van der Waals surface area contributed by atoms with Crippen LogP contribution in [0.5, 0.6) is 0 Å². The van der Waals surface area contributed by atoms with Crippen molar-refractivity contribution in [3.8, 4) is 5.69 Å². The average molecular weight is 466 g/mol. The van der Waals surface area contributed by atoms with Gasteiger partial charge in [-0.3, -0.25) is 4.79 Å². The molecule has 33 heavy (non-hydrogen) atoms. The lowest BCUT2D eigenvalue weighted by Gasteiger charge is -2.42. The van der Waals surface area contributed by atoms with Crippen molar-refractivity contribution in [3.63, 3.8) is 0 Å². The van der Waals surface area contributed by atoms with Gasteiger partial charge in [0.1, 0.15) is 5.82 Å². The number of hydrogen-bond acceptors (Lipinski definition) is 3. The number of benzene rings is 2. The Balaban J connectivity index is 1.44. The molecule has 2 atom stereocenters. The van der Waals surface area contributed by atoms with Gasteiger partial charge in [0.05, 0.1) is 33.8 Å². The van der Waals surface area contributed by atoms with Crippen LogP contribution >= 0.6 is 11.6 Å². The Morgan fingerprint density at radius 1 is 1.27 bits per heavy atom. The number of aliphatic hydroxyl groups is 1. The Bertz CT molecular complexity index is 1280. The molecule has 0 aliphatic heterocycles. The zero-order valence-corrected chi connectivity index (χ0v) is 19.1. The molecule has 2 aromatic carbocycles. The van der Waals surface area contributed by atoms with Gasteiger partial charge >= 0.3 is 0 Å². The second-order valence-electron chi connectivity index (χ2n) is 9.29. The molecule has 170 valence electrons. The Kier molecular flexibility index (Phi) is 5.18. The molecule has 0 unspecified atom stereocenters. The van der Waals surface area contributed by atoms with Gasteiger partial charge in [0.2, 0.25) is 5.91 Å². The molecule has 1 heterocycles. The highest BCUT2D eigenvalue weighted by Crippen LogP contribution is 2.56. The van der Waals surface area contributed by atoms with Crippen LogP contribution in [0, 0.1) is 11.2 Å². The molecule has 0 spiro atoms. The molecule has 5 rings (SSSR count).